The number of nitrogens with zero attached hydrogens (tertiary/aromatic N) is 3. The number of rotatable bonds is 9. The molecule has 3 aromatic rings. The lowest BCUT2D eigenvalue weighted by Crippen LogP contribution is -2.32. The number of anilines is 1. The Balaban J connectivity index is 1.70. The highest BCUT2D eigenvalue weighted by molar-refractivity contribution is 7.89. The molecular formula is C16H18F2N6O2S. The van der Waals surface area contributed by atoms with Crippen LogP contribution in [0.25, 0.3) is 22.4 Å². The van der Waals surface area contributed by atoms with E-state index in [4.69, 9.17) is 4.74 Å². The Kier molecular flexibility index (Phi) is 6.50. The van der Waals surface area contributed by atoms with Crippen molar-refractivity contribution in [3.05, 3.63) is 36.3 Å². The van der Waals surface area contributed by atoms with E-state index in [1.54, 1.807) is 13.3 Å². The lowest BCUT2D eigenvalue weighted by Gasteiger charge is -2.12. The topological polar surface area (TPSA) is 111 Å². The molecule has 3 heterocycles. The Labute approximate surface area is 157 Å². The number of H-pyrrole nitrogens is 1. The van der Waals surface area contributed by atoms with Crippen molar-refractivity contribution >= 4 is 28.2 Å². The quantitative estimate of drug-likeness (QED) is 0.372. The highest BCUT2D eigenvalue weighted by atomic mass is 32.2. The van der Waals surface area contributed by atoms with E-state index in [0.29, 0.717) is 29.7 Å². The number of ether oxygens (including phenoxy) is 1. The molecule has 144 valence electrons. The van der Waals surface area contributed by atoms with Crippen molar-refractivity contribution in [2.24, 2.45) is 0 Å². The van der Waals surface area contributed by atoms with Crippen LogP contribution in [0, 0.1) is 11.6 Å². The molecule has 0 radical (unpaired) electrons. The average molecular weight is 396 g/mol. The number of halogens is 2. The third kappa shape index (κ3) is 4.89. The Hall–Kier alpha value is -2.34. The molecule has 0 saturated heterocycles. The summed E-state index contributed by atoms with van der Waals surface area (Å²) in [5.41, 5.74) is 0.983. The summed E-state index contributed by atoms with van der Waals surface area (Å²) in [6.07, 6.45) is 3.72. The molecular weight excluding hydrogens is 378 g/mol. The van der Waals surface area contributed by atoms with Gasteiger partial charge in [0.1, 0.15) is 17.2 Å². The molecule has 1 atom stereocenters. The molecule has 0 aromatic carbocycles. The van der Waals surface area contributed by atoms with Gasteiger partial charge in [0, 0.05) is 35.6 Å². The number of nitrogens with one attached hydrogen (secondary N) is 3. The normalized spacial score (nSPS) is 12.4. The summed E-state index contributed by atoms with van der Waals surface area (Å²) in [6, 6.07) is 1.31. The van der Waals surface area contributed by atoms with Crippen LogP contribution in [0.1, 0.15) is 0 Å². The number of methoxy groups -OCH3 is 1. The van der Waals surface area contributed by atoms with Crippen LogP contribution in [-0.2, 0) is 16.1 Å². The zero-order valence-corrected chi connectivity index (χ0v) is 15.3. The van der Waals surface area contributed by atoms with Crippen LogP contribution in [0.15, 0.2) is 24.7 Å². The molecule has 0 bridgehead atoms. The molecule has 0 fully saturated rings. The monoisotopic (exact) mass is 396 g/mol. The van der Waals surface area contributed by atoms with Crippen LogP contribution in [0.4, 0.5) is 14.6 Å². The molecule has 0 aliphatic heterocycles. The van der Waals surface area contributed by atoms with E-state index in [2.05, 4.69) is 30.0 Å². The van der Waals surface area contributed by atoms with Crippen LogP contribution in [-0.4, -0.2) is 57.0 Å². The van der Waals surface area contributed by atoms with Gasteiger partial charge in [0.25, 0.3) is 0 Å². The van der Waals surface area contributed by atoms with E-state index in [1.807, 2.05) is 0 Å². The van der Waals surface area contributed by atoms with Crippen LogP contribution in [0.3, 0.4) is 0 Å². The summed E-state index contributed by atoms with van der Waals surface area (Å²) in [5, 5.41) is 3.30. The molecule has 0 aliphatic carbocycles. The molecule has 0 spiro atoms. The Morgan fingerprint density at radius 1 is 1.26 bits per heavy atom. The molecule has 3 rings (SSSR count). The maximum atomic E-state index is 14.0. The summed E-state index contributed by atoms with van der Waals surface area (Å²) in [5.74, 6) is -0.678. The van der Waals surface area contributed by atoms with Gasteiger partial charge in [0.05, 0.1) is 32.1 Å². The molecule has 27 heavy (non-hydrogen) atoms. The lowest BCUT2D eigenvalue weighted by molar-refractivity contribution is 0.204. The Morgan fingerprint density at radius 2 is 2.11 bits per heavy atom. The lowest BCUT2D eigenvalue weighted by atomic mass is 10.2. The molecule has 3 N–H and O–H groups in total. The largest absolute Gasteiger partial charge is 0.598 e. The highest BCUT2D eigenvalue weighted by Crippen LogP contribution is 2.26. The third-order valence-corrected chi connectivity index (χ3v) is 4.73. The van der Waals surface area contributed by atoms with Gasteiger partial charge in [-0.05, 0) is 6.07 Å². The van der Waals surface area contributed by atoms with Crippen molar-refractivity contribution in [1.82, 2.24) is 24.7 Å². The first-order chi connectivity index (χ1) is 13.1. The fourth-order valence-corrected chi connectivity index (χ4v) is 3.12. The highest BCUT2D eigenvalue weighted by Gasteiger charge is 2.14. The molecule has 1 unspecified atom stereocenters. The van der Waals surface area contributed by atoms with E-state index >= 15 is 0 Å². The standard InChI is InChI=1S/C16H18F2N6O2S/c1-26-4-2-23-27(25)5-3-19-16-13(18)9-22-15(24-16)12-8-21-14-11(12)6-10(17)7-20-14/h6-9,23H,2-5H2,1H3,(H,20,21)(H,19,22,24). The zero-order chi connectivity index (χ0) is 19.2. The van der Waals surface area contributed by atoms with Crippen LogP contribution < -0.4 is 10.0 Å². The van der Waals surface area contributed by atoms with Gasteiger partial charge < -0.3 is 19.6 Å². The fourth-order valence-electron chi connectivity index (χ4n) is 2.38. The van der Waals surface area contributed by atoms with Gasteiger partial charge in [0.15, 0.2) is 17.5 Å². The van der Waals surface area contributed by atoms with Gasteiger partial charge in [0.2, 0.25) is 0 Å². The summed E-state index contributed by atoms with van der Waals surface area (Å²) < 4.78 is 46.9. The first-order valence-corrected chi connectivity index (χ1v) is 9.40. The summed E-state index contributed by atoms with van der Waals surface area (Å²) in [6.45, 7) is 1.15. The number of aromatic nitrogens is 4. The fraction of sp³-hybridized carbons (Fsp3) is 0.312. The first-order valence-electron chi connectivity index (χ1n) is 8.08. The minimum absolute atomic E-state index is 0.0207. The van der Waals surface area contributed by atoms with Gasteiger partial charge in [-0.15, -0.1) is 4.72 Å². The van der Waals surface area contributed by atoms with Crippen molar-refractivity contribution in [2.45, 2.75) is 0 Å². The second-order valence-corrected chi connectivity index (χ2v) is 6.89. The van der Waals surface area contributed by atoms with E-state index in [1.165, 1.54) is 6.07 Å². The van der Waals surface area contributed by atoms with Crippen molar-refractivity contribution in [1.29, 1.82) is 0 Å². The minimum atomic E-state index is -1.27. The summed E-state index contributed by atoms with van der Waals surface area (Å²) >= 11 is -1.27. The van der Waals surface area contributed by atoms with Crippen molar-refractivity contribution in [3.8, 4) is 11.4 Å². The molecule has 0 amide bonds. The van der Waals surface area contributed by atoms with E-state index in [0.717, 1.165) is 12.4 Å². The SMILES string of the molecule is COCCN[S+]([O-])CCNc1nc(-c2c[nH]c3ncc(F)cc23)ncc1F. The van der Waals surface area contributed by atoms with Gasteiger partial charge in [-0.25, -0.2) is 23.7 Å². The van der Waals surface area contributed by atoms with Crippen molar-refractivity contribution < 1.29 is 18.1 Å². The number of aromatic amines is 1. The van der Waals surface area contributed by atoms with Crippen molar-refractivity contribution in [2.75, 3.05) is 37.9 Å². The van der Waals surface area contributed by atoms with Crippen LogP contribution in [0.5, 0.6) is 0 Å². The molecule has 3 aromatic heterocycles. The van der Waals surface area contributed by atoms with Gasteiger partial charge >= 0.3 is 0 Å². The number of pyridine rings is 1. The number of fused-ring (bicyclic) bond motifs is 1. The third-order valence-electron chi connectivity index (χ3n) is 3.63. The van der Waals surface area contributed by atoms with E-state index in [-0.39, 0.29) is 23.9 Å². The smallest absolute Gasteiger partial charge is 0.183 e. The summed E-state index contributed by atoms with van der Waals surface area (Å²) in [7, 11) is 1.56. The Morgan fingerprint density at radius 3 is 2.93 bits per heavy atom. The maximum absolute atomic E-state index is 14.0. The average Bonchev–Trinajstić information content (AvgIpc) is 3.06. The maximum Gasteiger partial charge on any atom is 0.183 e. The molecule has 8 nitrogen and oxygen atoms in total. The Bertz CT molecular complexity index is 910. The number of hydrogen-bond acceptors (Lipinski definition) is 7. The molecule has 0 saturated carbocycles. The van der Waals surface area contributed by atoms with Crippen LogP contribution in [0.2, 0.25) is 0 Å². The van der Waals surface area contributed by atoms with Crippen LogP contribution >= 0.6 is 0 Å². The molecule has 11 heteroatoms. The zero-order valence-electron chi connectivity index (χ0n) is 14.5. The predicted molar refractivity (Wildman–Crippen MR) is 98.4 cm³/mol. The predicted octanol–water partition coefficient (Wildman–Crippen LogP) is 1.61. The van der Waals surface area contributed by atoms with Crippen molar-refractivity contribution in [3.63, 3.8) is 0 Å². The number of hydrogen-bond donors (Lipinski definition) is 3. The molecule has 0 aliphatic rings. The summed E-state index contributed by atoms with van der Waals surface area (Å²) in [4.78, 5) is 15.0. The van der Waals surface area contributed by atoms with Gasteiger partial charge in [-0.2, -0.15) is 0 Å². The van der Waals surface area contributed by atoms with E-state index in [9.17, 15) is 13.3 Å². The minimum Gasteiger partial charge on any atom is -0.598 e. The van der Waals surface area contributed by atoms with Gasteiger partial charge in [-0.3, -0.25) is 0 Å². The second kappa shape index (κ2) is 9.04. The first kappa shape index (κ1) is 19.4. The second-order valence-electron chi connectivity index (χ2n) is 5.51. The van der Waals surface area contributed by atoms with E-state index < -0.39 is 23.0 Å². The van der Waals surface area contributed by atoms with Gasteiger partial charge in [-0.1, -0.05) is 0 Å².